The molecule has 7 nitrogen and oxygen atoms in total. The lowest BCUT2D eigenvalue weighted by Gasteiger charge is -2.41. The van der Waals surface area contributed by atoms with Crippen molar-refractivity contribution in [2.75, 3.05) is 16.0 Å². The van der Waals surface area contributed by atoms with E-state index in [9.17, 15) is 23.2 Å². The molecule has 1 heterocycles. The Morgan fingerprint density at radius 1 is 1.05 bits per heavy atom. The molecule has 0 amide bonds. The molecule has 3 aromatic rings. The van der Waals surface area contributed by atoms with Crippen molar-refractivity contribution in [2.24, 2.45) is 0 Å². The van der Waals surface area contributed by atoms with Crippen LogP contribution in [0.1, 0.15) is 43.2 Å². The monoisotopic (exact) mass is 508 g/mol. The predicted octanol–water partition coefficient (Wildman–Crippen LogP) is 5.95. The van der Waals surface area contributed by atoms with Gasteiger partial charge >= 0.3 is 6.18 Å². The van der Waals surface area contributed by atoms with Crippen LogP contribution in [0.4, 0.5) is 30.2 Å². The Hall–Kier alpha value is -4.26. The van der Waals surface area contributed by atoms with Crippen LogP contribution in [0.25, 0.3) is 0 Å². The number of hydrogen-bond donors (Lipinski definition) is 5. The third kappa shape index (κ3) is 6.30. The van der Waals surface area contributed by atoms with Gasteiger partial charge in [-0.25, -0.2) is 0 Å². The molecular formula is C27H27F3N6O. The highest BCUT2D eigenvalue weighted by molar-refractivity contribution is 6.09. The topological polar surface area (TPSA) is 117 Å². The lowest BCUT2D eigenvalue weighted by atomic mass is 9.77. The number of nitriles is 1. The summed E-state index contributed by atoms with van der Waals surface area (Å²) in [6.45, 7) is 0. The van der Waals surface area contributed by atoms with Crippen LogP contribution in [-0.4, -0.2) is 22.4 Å². The summed E-state index contributed by atoms with van der Waals surface area (Å²) in [4.78, 5) is 15.3. The van der Waals surface area contributed by atoms with Gasteiger partial charge in [0.25, 0.3) is 5.56 Å². The molecule has 2 aromatic carbocycles. The minimum Gasteiger partial charge on any atom is -0.382 e. The van der Waals surface area contributed by atoms with Gasteiger partial charge in [-0.1, -0.05) is 18.2 Å². The number of hydrogen-bond acceptors (Lipinski definition) is 5. The second-order valence-electron chi connectivity index (χ2n) is 9.20. The Morgan fingerprint density at radius 2 is 1.73 bits per heavy atom. The molecule has 0 bridgehead atoms. The number of H-pyrrole nitrogens is 1. The van der Waals surface area contributed by atoms with E-state index < -0.39 is 22.8 Å². The number of para-hydroxylation sites is 1. The number of aromatic amines is 1. The number of rotatable bonds is 7. The van der Waals surface area contributed by atoms with E-state index in [4.69, 9.17) is 5.41 Å². The summed E-state index contributed by atoms with van der Waals surface area (Å²) in [6, 6.07) is 18.3. The summed E-state index contributed by atoms with van der Waals surface area (Å²) in [6.07, 6.45) is 0.185. The van der Waals surface area contributed by atoms with E-state index in [-0.39, 0.29) is 29.5 Å². The molecule has 4 rings (SSSR count). The fourth-order valence-electron chi connectivity index (χ4n) is 4.65. The van der Waals surface area contributed by atoms with E-state index in [2.05, 4.69) is 27.0 Å². The quantitative estimate of drug-likeness (QED) is 0.200. The SMILES string of the molecule is N#CCC1(Nc2cc[nH]c(=O)c2C(=N)Nc2ccc(C(F)(F)F)cc2)CCC(Nc2ccccc2)CC1. The number of pyridine rings is 1. The Bertz CT molecular complexity index is 1320. The first-order valence-electron chi connectivity index (χ1n) is 11.9. The van der Waals surface area contributed by atoms with Crippen LogP contribution in [0.3, 0.4) is 0 Å². The average Bonchev–Trinajstić information content (AvgIpc) is 2.86. The first-order chi connectivity index (χ1) is 17.7. The molecule has 1 saturated carbocycles. The van der Waals surface area contributed by atoms with Gasteiger partial charge in [-0.2, -0.15) is 18.4 Å². The van der Waals surface area contributed by atoms with Crippen molar-refractivity contribution in [3.8, 4) is 6.07 Å². The molecular weight excluding hydrogens is 481 g/mol. The standard InChI is InChI=1S/C27H27F3N6O/c28-27(29,30)18-6-8-20(9-7-18)35-24(32)23-22(12-17-33-25(23)37)36-26(15-16-31)13-10-21(11-14-26)34-19-4-2-1-3-5-19/h1-9,12,17,21,34H,10-11,13-15H2,(H2,32,35)(H2,33,36,37). The number of anilines is 3. The molecule has 0 spiro atoms. The molecule has 0 aliphatic heterocycles. The maximum Gasteiger partial charge on any atom is 0.416 e. The second-order valence-corrected chi connectivity index (χ2v) is 9.20. The lowest BCUT2D eigenvalue weighted by Crippen LogP contribution is -2.45. The zero-order valence-electron chi connectivity index (χ0n) is 20.0. The normalized spacial score (nSPS) is 19.5. The maximum atomic E-state index is 12.9. The summed E-state index contributed by atoms with van der Waals surface area (Å²) in [5.41, 5.74) is -0.233. The van der Waals surface area contributed by atoms with Crippen LogP contribution in [0.5, 0.6) is 0 Å². The number of nitrogens with one attached hydrogen (secondary N) is 5. The molecule has 0 radical (unpaired) electrons. The highest BCUT2D eigenvalue weighted by atomic mass is 19.4. The van der Waals surface area contributed by atoms with Gasteiger partial charge in [0.15, 0.2) is 0 Å². The first kappa shape index (κ1) is 25.8. The van der Waals surface area contributed by atoms with Crippen molar-refractivity contribution in [1.29, 1.82) is 10.7 Å². The Balaban J connectivity index is 1.50. The number of benzene rings is 2. The van der Waals surface area contributed by atoms with Gasteiger partial charge in [-0.05, 0) is 68.1 Å². The minimum absolute atomic E-state index is 0.0178. The van der Waals surface area contributed by atoms with Gasteiger partial charge in [0, 0.05) is 23.6 Å². The number of halogens is 3. The van der Waals surface area contributed by atoms with E-state index in [1.807, 2.05) is 30.3 Å². The number of aromatic nitrogens is 1. The summed E-state index contributed by atoms with van der Waals surface area (Å²) < 4.78 is 38.6. The molecule has 1 aliphatic carbocycles. The summed E-state index contributed by atoms with van der Waals surface area (Å²) in [5, 5.41) is 27.7. The number of amidine groups is 1. The molecule has 0 unspecified atom stereocenters. The fraction of sp³-hybridized carbons (Fsp3) is 0.296. The molecule has 0 saturated heterocycles. The summed E-state index contributed by atoms with van der Waals surface area (Å²) in [7, 11) is 0. The molecule has 1 aliphatic rings. The molecule has 0 atom stereocenters. The van der Waals surface area contributed by atoms with Gasteiger partial charge in [0.05, 0.1) is 29.3 Å². The Labute approximate surface area is 212 Å². The highest BCUT2D eigenvalue weighted by Gasteiger charge is 2.36. The number of nitrogens with zero attached hydrogens (tertiary/aromatic N) is 1. The number of alkyl halides is 3. The average molecular weight is 509 g/mol. The van der Waals surface area contributed by atoms with Gasteiger partial charge in [-0.3, -0.25) is 10.2 Å². The molecule has 1 aromatic heterocycles. The van der Waals surface area contributed by atoms with E-state index in [0.29, 0.717) is 18.5 Å². The third-order valence-electron chi connectivity index (χ3n) is 6.60. The molecule has 10 heteroatoms. The van der Waals surface area contributed by atoms with Crippen LogP contribution in [0, 0.1) is 16.7 Å². The predicted molar refractivity (Wildman–Crippen MR) is 138 cm³/mol. The van der Waals surface area contributed by atoms with Crippen LogP contribution >= 0.6 is 0 Å². The smallest absolute Gasteiger partial charge is 0.382 e. The van der Waals surface area contributed by atoms with Crippen LogP contribution in [0.15, 0.2) is 71.7 Å². The van der Waals surface area contributed by atoms with Gasteiger partial charge in [0.1, 0.15) is 11.4 Å². The Morgan fingerprint density at radius 3 is 2.35 bits per heavy atom. The largest absolute Gasteiger partial charge is 0.416 e. The zero-order valence-corrected chi connectivity index (χ0v) is 20.0. The van der Waals surface area contributed by atoms with Crippen LogP contribution < -0.4 is 21.5 Å². The van der Waals surface area contributed by atoms with E-state index >= 15 is 0 Å². The van der Waals surface area contributed by atoms with Crippen molar-refractivity contribution in [3.63, 3.8) is 0 Å². The Kier molecular flexibility index (Phi) is 7.53. The second kappa shape index (κ2) is 10.8. The third-order valence-corrected chi connectivity index (χ3v) is 6.60. The van der Waals surface area contributed by atoms with E-state index in [0.717, 1.165) is 30.7 Å². The van der Waals surface area contributed by atoms with Gasteiger partial charge < -0.3 is 20.9 Å². The molecule has 192 valence electrons. The van der Waals surface area contributed by atoms with Crippen LogP contribution in [-0.2, 0) is 6.18 Å². The minimum atomic E-state index is -4.47. The first-order valence-corrected chi connectivity index (χ1v) is 11.9. The molecule has 5 N–H and O–H groups in total. The molecule has 37 heavy (non-hydrogen) atoms. The van der Waals surface area contributed by atoms with Crippen molar-refractivity contribution in [2.45, 2.75) is 49.9 Å². The summed E-state index contributed by atoms with van der Waals surface area (Å²) >= 11 is 0. The molecule has 1 fully saturated rings. The summed E-state index contributed by atoms with van der Waals surface area (Å²) in [5.74, 6) is -0.268. The van der Waals surface area contributed by atoms with Crippen molar-refractivity contribution < 1.29 is 13.2 Å². The van der Waals surface area contributed by atoms with Gasteiger partial charge in [-0.15, -0.1) is 0 Å². The van der Waals surface area contributed by atoms with Crippen molar-refractivity contribution in [3.05, 3.63) is 88.3 Å². The van der Waals surface area contributed by atoms with E-state index in [1.54, 1.807) is 6.07 Å². The van der Waals surface area contributed by atoms with Gasteiger partial charge in [0.2, 0.25) is 0 Å². The van der Waals surface area contributed by atoms with Crippen molar-refractivity contribution >= 4 is 22.9 Å². The maximum absolute atomic E-state index is 12.9. The fourth-order valence-corrected chi connectivity index (χ4v) is 4.65. The van der Waals surface area contributed by atoms with Crippen LogP contribution in [0.2, 0.25) is 0 Å². The highest BCUT2D eigenvalue weighted by Crippen LogP contribution is 2.36. The zero-order chi connectivity index (χ0) is 26.5. The van der Waals surface area contributed by atoms with Crippen molar-refractivity contribution in [1.82, 2.24) is 4.98 Å². The van der Waals surface area contributed by atoms with E-state index in [1.165, 1.54) is 18.3 Å². The lowest BCUT2D eigenvalue weighted by molar-refractivity contribution is -0.137.